The first-order valence-electron chi connectivity index (χ1n) is 5.99. The molecule has 3 unspecified atom stereocenters. The zero-order chi connectivity index (χ0) is 11.3. The number of aromatic nitrogens is 1. The van der Waals surface area contributed by atoms with Gasteiger partial charge in [0.15, 0.2) is 0 Å². The second kappa shape index (κ2) is 3.59. The van der Waals surface area contributed by atoms with Crippen molar-refractivity contribution in [3.63, 3.8) is 0 Å². The molecule has 0 aromatic carbocycles. The Bertz CT molecular complexity index is 450. The molecule has 0 amide bonds. The summed E-state index contributed by atoms with van der Waals surface area (Å²) in [5.41, 5.74) is 2.47. The minimum absolute atomic E-state index is 0.784. The van der Waals surface area contributed by atoms with E-state index < -0.39 is 0 Å². The molecule has 1 aromatic heterocycles. The fourth-order valence-corrected chi connectivity index (χ4v) is 3.36. The molecule has 0 spiro atoms. The number of allylic oxidation sites excluding steroid dienone is 2. The van der Waals surface area contributed by atoms with Gasteiger partial charge in [0.25, 0.3) is 0 Å². The van der Waals surface area contributed by atoms with E-state index in [1.165, 1.54) is 12.0 Å². The Kier molecular flexibility index (Phi) is 2.32. The zero-order valence-electron chi connectivity index (χ0n) is 9.65. The largest absolute Gasteiger partial charge is 0.257 e. The van der Waals surface area contributed by atoms with E-state index in [4.69, 9.17) is 11.6 Å². The maximum atomic E-state index is 5.98. The van der Waals surface area contributed by atoms with Crippen molar-refractivity contribution in [3.05, 3.63) is 35.1 Å². The maximum absolute atomic E-state index is 5.98. The van der Waals surface area contributed by atoms with Gasteiger partial charge in [-0.15, -0.1) is 0 Å². The summed E-state index contributed by atoms with van der Waals surface area (Å²) in [5.74, 6) is 3.44. The van der Waals surface area contributed by atoms with Gasteiger partial charge < -0.3 is 0 Å². The van der Waals surface area contributed by atoms with Crippen LogP contribution in [0.2, 0.25) is 5.02 Å². The molecule has 0 N–H and O–H groups in total. The lowest BCUT2D eigenvalue weighted by molar-refractivity contribution is 0.509. The molecule has 0 aliphatic heterocycles. The SMILES string of the molecule is CC(C)C1C2C=C(c3cc(Cl)ccn3)CC21. The van der Waals surface area contributed by atoms with E-state index >= 15 is 0 Å². The van der Waals surface area contributed by atoms with Crippen LogP contribution in [0.5, 0.6) is 0 Å². The number of pyridine rings is 1. The van der Waals surface area contributed by atoms with Gasteiger partial charge in [0.05, 0.1) is 5.69 Å². The van der Waals surface area contributed by atoms with E-state index in [9.17, 15) is 0 Å². The van der Waals surface area contributed by atoms with E-state index in [2.05, 4.69) is 24.9 Å². The molecule has 16 heavy (non-hydrogen) atoms. The summed E-state index contributed by atoms with van der Waals surface area (Å²) in [6.07, 6.45) is 5.41. The number of hydrogen-bond acceptors (Lipinski definition) is 1. The molecule has 1 aromatic rings. The molecular weight excluding hydrogens is 218 g/mol. The average molecular weight is 234 g/mol. The maximum Gasteiger partial charge on any atom is 0.0673 e. The predicted molar refractivity (Wildman–Crippen MR) is 67.1 cm³/mol. The fourth-order valence-electron chi connectivity index (χ4n) is 3.20. The molecule has 1 saturated carbocycles. The zero-order valence-corrected chi connectivity index (χ0v) is 10.4. The summed E-state index contributed by atoms with van der Waals surface area (Å²) < 4.78 is 0. The Morgan fingerprint density at radius 1 is 1.44 bits per heavy atom. The van der Waals surface area contributed by atoms with Crippen LogP contribution in [0, 0.1) is 23.7 Å². The van der Waals surface area contributed by atoms with Gasteiger partial charge in [-0.1, -0.05) is 31.5 Å². The van der Waals surface area contributed by atoms with Gasteiger partial charge in [0, 0.05) is 11.2 Å². The molecule has 2 aliphatic rings. The lowest BCUT2D eigenvalue weighted by atomic mass is 9.99. The standard InChI is InChI=1S/C14H16ClN/c1-8(2)14-11-5-9(6-12(11)14)13-7-10(15)3-4-16-13/h3-5,7-8,11-12,14H,6H2,1-2H3. The molecule has 0 radical (unpaired) electrons. The number of halogens is 1. The van der Waals surface area contributed by atoms with Crippen molar-refractivity contribution in [3.8, 4) is 0 Å². The Morgan fingerprint density at radius 3 is 2.81 bits per heavy atom. The summed E-state index contributed by atoms with van der Waals surface area (Å²) in [7, 11) is 0. The smallest absolute Gasteiger partial charge is 0.0673 e. The molecule has 3 atom stereocenters. The predicted octanol–water partition coefficient (Wildman–Crippen LogP) is 4.04. The molecule has 1 nitrogen and oxygen atoms in total. The minimum atomic E-state index is 0.784. The summed E-state index contributed by atoms with van der Waals surface area (Å²) in [6.45, 7) is 4.66. The highest BCUT2D eigenvalue weighted by molar-refractivity contribution is 6.30. The number of fused-ring (bicyclic) bond motifs is 1. The fraction of sp³-hybridized carbons (Fsp3) is 0.500. The quantitative estimate of drug-likeness (QED) is 0.751. The summed E-state index contributed by atoms with van der Waals surface area (Å²) in [4.78, 5) is 4.39. The van der Waals surface area contributed by atoms with Crippen LogP contribution in [0.25, 0.3) is 5.57 Å². The van der Waals surface area contributed by atoms with Gasteiger partial charge >= 0.3 is 0 Å². The molecule has 84 valence electrons. The molecule has 0 saturated heterocycles. The van der Waals surface area contributed by atoms with Crippen LogP contribution in [0.15, 0.2) is 24.4 Å². The van der Waals surface area contributed by atoms with Gasteiger partial charge in [0.1, 0.15) is 0 Å². The first-order valence-corrected chi connectivity index (χ1v) is 6.37. The van der Waals surface area contributed by atoms with Crippen LogP contribution in [-0.2, 0) is 0 Å². The highest BCUT2D eigenvalue weighted by atomic mass is 35.5. The molecule has 2 aliphatic carbocycles. The van der Waals surface area contributed by atoms with E-state index in [1.54, 1.807) is 6.20 Å². The Morgan fingerprint density at radius 2 is 2.25 bits per heavy atom. The second-order valence-electron chi connectivity index (χ2n) is 5.32. The molecule has 0 bridgehead atoms. The monoisotopic (exact) mass is 233 g/mol. The number of hydrogen-bond donors (Lipinski definition) is 0. The van der Waals surface area contributed by atoms with Crippen molar-refractivity contribution in [1.29, 1.82) is 0 Å². The molecule has 3 rings (SSSR count). The van der Waals surface area contributed by atoms with Crippen LogP contribution in [0.3, 0.4) is 0 Å². The van der Waals surface area contributed by atoms with Crippen LogP contribution in [-0.4, -0.2) is 4.98 Å². The Hall–Kier alpha value is -0.820. The molecule has 1 fully saturated rings. The lowest BCUT2D eigenvalue weighted by Gasteiger charge is -2.08. The molecule has 1 heterocycles. The van der Waals surface area contributed by atoms with Crippen molar-refractivity contribution in [2.75, 3.05) is 0 Å². The number of nitrogens with zero attached hydrogens (tertiary/aromatic N) is 1. The van der Waals surface area contributed by atoms with E-state index in [-0.39, 0.29) is 0 Å². The Labute approximate surface area is 102 Å². The van der Waals surface area contributed by atoms with Crippen molar-refractivity contribution in [2.24, 2.45) is 23.7 Å². The molecular formula is C14H16ClN. The third-order valence-corrected chi connectivity index (χ3v) is 4.20. The summed E-state index contributed by atoms with van der Waals surface area (Å²) in [6, 6.07) is 3.81. The van der Waals surface area contributed by atoms with Gasteiger partial charge in [-0.25, -0.2) is 0 Å². The van der Waals surface area contributed by atoms with Gasteiger partial charge in [-0.2, -0.15) is 0 Å². The highest BCUT2D eigenvalue weighted by Gasteiger charge is 2.53. The van der Waals surface area contributed by atoms with Gasteiger partial charge in [-0.05, 0) is 47.8 Å². The lowest BCUT2D eigenvalue weighted by Crippen LogP contribution is -1.97. The van der Waals surface area contributed by atoms with E-state index in [0.717, 1.165) is 34.4 Å². The summed E-state index contributed by atoms with van der Waals surface area (Å²) >= 11 is 5.98. The van der Waals surface area contributed by atoms with Gasteiger partial charge in [0.2, 0.25) is 0 Å². The van der Waals surface area contributed by atoms with Crippen molar-refractivity contribution in [1.82, 2.24) is 4.98 Å². The van der Waals surface area contributed by atoms with Crippen LogP contribution in [0.4, 0.5) is 0 Å². The van der Waals surface area contributed by atoms with Crippen molar-refractivity contribution in [2.45, 2.75) is 20.3 Å². The van der Waals surface area contributed by atoms with E-state index in [0.29, 0.717) is 0 Å². The van der Waals surface area contributed by atoms with Crippen molar-refractivity contribution >= 4 is 17.2 Å². The van der Waals surface area contributed by atoms with Crippen molar-refractivity contribution < 1.29 is 0 Å². The number of rotatable bonds is 2. The average Bonchev–Trinajstić information content (AvgIpc) is 2.75. The first kappa shape index (κ1) is 10.3. The third kappa shape index (κ3) is 1.58. The first-order chi connectivity index (χ1) is 7.66. The normalized spacial score (nSPS) is 31.5. The van der Waals surface area contributed by atoms with Crippen LogP contribution in [0.1, 0.15) is 26.0 Å². The highest BCUT2D eigenvalue weighted by Crippen LogP contribution is 2.60. The Balaban J connectivity index is 1.81. The minimum Gasteiger partial charge on any atom is -0.257 e. The van der Waals surface area contributed by atoms with Crippen LogP contribution < -0.4 is 0 Å². The summed E-state index contributed by atoms with van der Waals surface area (Å²) in [5, 5.41) is 0.784. The van der Waals surface area contributed by atoms with E-state index in [1.807, 2.05) is 12.1 Å². The third-order valence-electron chi connectivity index (χ3n) is 3.96. The van der Waals surface area contributed by atoms with Gasteiger partial charge in [-0.3, -0.25) is 4.98 Å². The van der Waals surface area contributed by atoms with Crippen LogP contribution >= 0.6 is 11.6 Å². The topological polar surface area (TPSA) is 12.9 Å². The second-order valence-corrected chi connectivity index (χ2v) is 5.75. The molecule has 2 heteroatoms.